The standard InChI is InChI=1S/C9H8N4O/c1-5-2-6-3-10-9(14)7-8(6)13(5)12-4-11-7/h2,4H,3H2,1H3,(H,10,14). The maximum Gasteiger partial charge on any atom is 0.272 e. The third-order valence-corrected chi connectivity index (χ3v) is 2.47. The van der Waals surface area contributed by atoms with Crippen molar-refractivity contribution in [2.45, 2.75) is 13.5 Å². The van der Waals surface area contributed by atoms with E-state index in [0.717, 1.165) is 16.8 Å². The normalized spacial score (nSPS) is 14.5. The first-order valence-electron chi connectivity index (χ1n) is 4.38. The molecule has 2 aromatic rings. The summed E-state index contributed by atoms with van der Waals surface area (Å²) >= 11 is 0. The van der Waals surface area contributed by atoms with Crippen molar-refractivity contribution < 1.29 is 4.79 Å². The fraction of sp³-hybridized carbons (Fsp3) is 0.222. The van der Waals surface area contributed by atoms with E-state index in [1.54, 1.807) is 4.52 Å². The summed E-state index contributed by atoms with van der Waals surface area (Å²) in [6, 6.07) is 2.02. The fourth-order valence-electron chi connectivity index (χ4n) is 1.85. The molecule has 0 aromatic carbocycles. The molecule has 0 unspecified atom stereocenters. The van der Waals surface area contributed by atoms with Gasteiger partial charge in [-0.3, -0.25) is 4.79 Å². The Kier molecular flexibility index (Phi) is 1.24. The first-order valence-corrected chi connectivity index (χ1v) is 4.38. The van der Waals surface area contributed by atoms with Crippen molar-refractivity contribution in [3.05, 3.63) is 29.3 Å². The molecule has 0 atom stereocenters. The molecule has 0 spiro atoms. The highest BCUT2D eigenvalue weighted by atomic mass is 16.1. The molecule has 2 aromatic heterocycles. The molecule has 0 bridgehead atoms. The number of aromatic nitrogens is 3. The van der Waals surface area contributed by atoms with E-state index in [4.69, 9.17) is 0 Å². The largest absolute Gasteiger partial charge is 0.346 e. The Labute approximate surface area is 79.8 Å². The van der Waals surface area contributed by atoms with E-state index in [0.29, 0.717) is 12.2 Å². The van der Waals surface area contributed by atoms with E-state index in [2.05, 4.69) is 15.4 Å². The molecule has 1 N–H and O–H groups in total. The monoisotopic (exact) mass is 188 g/mol. The molecule has 1 aliphatic rings. The number of nitrogens with zero attached hydrogens (tertiary/aromatic N) is 3. The second kappa shape index (κ2) is 2.31. The summed E-state index contributed by atoms with van der Waals surface area (Å²) in [6.45, 7) is 2.53. The first-order chi connectivity index (χ1) is 6.77. The minimum Gasteiger partial charge on any atom is -0.346 e. The highest BCUT2D eigenvalue weighted by Crippen LogP contribution is 2.21. The highest BCUT2D eigenvalue weighted by Gasteiger charge is 2.22. The summed E-state index contributed by atoms with van der Waals surface area (Å²) in [5.41, 5.74) is 3.41. The highest BCUT2D eigenvalue weighted by molar-refractivity contribution is 6.01. The number of nitrogens with one attached hydrogen (secondary N) is 1. The van der Waals surface area contributed by atoms with Crippen LogP contribution in [0.25, 0.3) is 5.52 Å². The van der Waals surface area contributed by atoms with Gasteiger partial charge in [-0.05, 0) is 13.0 Å². The lowest BCUT2D eigenvalue weighted by molar-refractivity contribution is 0.0943. The molecule has 5 heteroatoms. The maximum atomic E-state index is 11.5. The van der Waals surface area contributed by atoms with Gasteiger partial charge in [0.2, 0.25) is 0 Å². The Bertz CT molecular complexity index is 543. The van der Waals surface area contributed by atoms with Gasteiger partial charge in [0.05, 0.1) is 0 Å². The van der Waals surface area contributed by atoms with E-state index in [9.17, 15) is 4.79 Å². The molecule has 1 aliphatic heterocycles. The summed E-state index contributed by atoms with van der Waals surface area (Å²) in [4.78, 5) is 15.5. The number of hydrogen-bond acceptors (Lipinski definition) is 3. The first kappa shape index (κ1) is 7.49. The number of rotatable bonds is 0. The van der Waals surface area contributed by atoms with Crippen LogP contribution in [0.15, 0.2) is 12.4 Å². The number of carbonyl (C=O) groups excluding carboxylic acids is 1. The minimum absolute atomic E-state index is 0.122. The molecule has 3 heterocycles. The van der Waals surface area contributed by atoms with Crippen LogP contribution in [-0.2, 0) is 6.54 Å². The van der Waals surface area contributed by atoms with Crippen LogP contribution in [0.4, 0.5) is 0 Å². The quantitative estimate of drug-likeness (QED) is 0.646. The van der Waals surface area contributed by atoms with E-state index in [1.807, 2.05) is 13.0 Å². The van der Waals surface area contributed by atoms with Crippen molar-refractivity contribution >= 4 is 11.4 Å². The number of amides is 1. The van der Waals surface area contributed by atoms with E-state index in [-0.39, 0.29) is 5.91 Å². The van der Waals surface area contributed by atoms with Gasteiger partial charge >= 0.3 is 0 Å². The molecular weight excluding hydrogens is 180 g/mol. The molecule has 5 nitrogen and oxygen atoms in total. The SMILES string of the molecule is Cc1cc2c3c(ncnn13)C(=O)NC2. The molecule has 0 saturated carbocycles. The Morgan fingerprint density at radius 1 is 1.57 bits per heavy atom. The van der Waals surface area contributed by atoms with Crippen LogP contribution in [-0.4, -0.2) is 20.5 Å². The summed E-state index contributed by atoms with van der Waals surface area (Å²) in [5.74, 6) is -0.122. The zero-order valence-electron chi connectivity index (χ0n) is 7.61. The zero-order chi connectivity index (χ0) is 9.71. The van der Waals surface area contributed by atoms with Gasteiger partial charge in [-0.1, -0.05) is 0 Å². The van der Waals surface area contributed by atoms with Gasteiger partial charge < -0.3 is 5.32 Å². The molecule has 14 heavy (non-hydrogen) atoms. The Hall–Kier alpha value is -1.91. The van der Waals surface area contributed by atoms with Crippen LogP contribution < -0.4 is 5.32 Å². The lowest BCUT2D eigenvalue weighted by Gasteiger charge is -2.11. The average Bonchev–Trinajstić information content (AvgIpc) is 2.52. The zero-order valence-corrected chi connectivity index (χ0v) is 7.61. The molecule has 0 aliphatic carbocycles. The molecule has 70 valence electrons. The fourth-order valence-corrected chi connectivity index (χ4v) is 1.85. The van der Waals surface area contributed by atoms with Gasteiger partial charge in [0.25, 0.3) is 5.91 Å². The van der Waals surface area contributed by atoms with Gasteiger partial charge in [0.15, 0.2) is 5.69 Å². The third-order valence-electron chi connectivity index (χ3n) is 2.47. The minimum atomic E-state index is -0.122. The van der Waals surface area contributed by atoms with Crippen molar-refractivity contribution in [1.82, 2.24) is 19.9 Å². The lowest BCUT2D eigenvalue weighted by atomic mass is 10.1. The maximum absolute atomic E-state index is 11.5. The predicted molar refractivity (Wildman–Crippen MR) is 48.9 cm³/mol. The Morgan fingerprint density at radius 3 is 3.29 bits per heavy atom. The number of aryl methyl sites for hydroxylation is 1. The summed E-state index contributed by atoms with van der Waals surface area (Å²) < 4.78 is 1.76. The van der Waals surface area contributed by atoms with E-state index < -0.39 is 0 Å². The van der Waals surface area contributed by atoms with Crippen molar-refractivity contribution in [2.75, 3.05) is 0 Å². The Balaban J connectivity index is 2.53. The summed E-state index contributed by atoms with van der Waals surface area (Å²) in [7, 11) is 0. The van der Waals surface area contributed by atoms with E-state index >= 15 is 0 Å². The van der Waals surface area contributed by atoms with Crippen LogP contribution in [0, 0.1) is 6.92 Å². The molecule has 0 radical (unpaired) electrons. The van der Waals surface area contributed by atoms with Crippen molar-refractivity contribution in [3.8, 4) is 0 Å². The van der Waals surface area contributed by atoms with Gasteiger partial charge in [0.1, 0.15) is 11.8 Å². The second-order valence-electron chi connectivity index (χ2n) is 3.36. The van der Waals surface area contributed by atoms with Crippen LogP contribution in [0.2, 0.25) is 0 Å². The van der Waals surface area contributed by atoms with Gasteiger partial charge in [0, 0.05) is 17.8 Å². The number of hydrogen-bond donors (Lipinski definition) is 1. The number of carbonyl (C=O) groups is 1. The molecule has 3 rings (SSSR count). The van der Waals surface area contributed by atoms with Crippen LogP contribution in [0.1, 0.15) is 21.7 Å². The third kappa shape index (κ3) is 0.761. The van der Waals surface area contributed by atoms with Crippen molar-refractivity contribution in [1.29, 1.82) is 0 Å². The summed E-state index contributed by atoms with van der Waals surface area (Å²) in [6.07, 6.45) is 1.41. The average molecular weight is 188 g/mol. The van der Waals surface area contributed by atoms with Crippen molar-refractivity contribution in [2.24, 2.45) is 0 Å². The van der Waals surface area contributed by atoms with E-state index in [1.165, 1.54) is 6.33 Å². The predicted octanol–water partition coefficient (Wildman–Crippen LogP) is 0.281. The lowest BCUT2D eigenvalue weighted by Crippen LogP contribution is -2.28. The molecular formula is C9H8N4O. The topological polar surface area (TPSA) is 59.3 Å². The molecule has 0 saturated heterocycles. The van der Waals surface area contributed by atoms with Gasteiger partial charge in [-0.2, -0.15) is 5.10 Å². The van der Waals surface area contributed by atoms with Gasteiger partial charge in [-0.25, -0.2) is 9.50 Å². The summed E-state index contributed by atoms with van der Waals surface area (Å²) in [5, 5.41) is 6.87. The van der Waals surface area contributed by atoms with Gasteiger partial charge in [-0.15, -0.1) is 0 Å². The Morgan fingerprint density at radius 2 is 2.43 bits per heavy atom. The second-order valence-corrected chi connectivity index (χ2v) is 3.36. The van der Waals surface area contributed by atoms with Crippen LogP contribution in [0.5, 0.6) is 0 Å². The van der Waals surface area contributed by atoms with Crippen LogP contribution in [0.3, 0.4) is 0 Å². The van der Waals surface area contributed by atoms with Crippen LogP contribution >= 0.6 is 0 Å². The molecule has 1 amide bonds. The van der Waals surface area contributed by atoms with Crippen molar-refractivity contribution in [3.63, 3.8) is 0 Å². The molecule has 0 fully saturated rings. The smallest absolute Gasteiger partial charge is 0.272 e.